The summed E-state index contributed by atoms with van der Waals surface area (Å²) in [6, 6.07) is 14.2. The van der Waals surface area contributed by atoms with Gasteiger partial charge in [-0.15, -0.1) is 0 Å². The first-order chi connectivity index (χ1) is 12.1. The highest BCUT2D eigenvalue weighted by Gasteiger charge is 2.11. The van der Waals surface area contributed by atoms with Crippen molar-refractivity contribution in [3.8, 4) is 0 Å². The molecule has 0 aliphatic rings. The minimum Gasteiger partial charge on any atom is -0.343 e. The molecule has 0 bridgehead atoms. The number of rotatable bonds is 6. The summed E-state index contributed by atoms with van der Waals surface area (Å²) in [5, 5.41) is 6.86. The second-order valence-corrected chi connectivity index (χ2v) is 5.73. The molecule has 0 aliphatic heterocycles. The van der Waals surface area contributed by atoms with Gasteiger partial charge in [0.25, 0.3) is 11.8 Å². The first kappa shape index (κ1) is 18.7. The predicted molar refractivity (Wildman–Crippen MR) is 101 cm³/mol. The number of halogens is 2. The molecule has 0 aromatic heterocycles. The van der Waals surface area contributed by atoms with E-state index < -0.39 is 11.8 Å². The smallest absolute Gasteiger partial charge is 0.259 e. The second-order valence-electron chi connectivity index (χ2n) is 4.89. The van der Waals surface area contributed by atoms with Crippen LogP contribution in [0.25, 0.3) is 6.08 Å². The van der Waals surface area contributed by atoms with Gasteiger partial charge >= 0.3 is 0 Å². The average Bonchev–Trinajstić information content (AvgIpc) is 2.60. The largest absolute Gasteiger partial charge is 0.343 e. The molecule has 2 aromatic carbocycles. The molecule has 0 aliphatic carbocycles. The maximum atomic E-state index is 11.9. The van der Waals surface area contributed by atoms with Gasteiger partial charge in [0.05, 0.1) is 17.1 Å². The van der Waals surface area contributed by atoms with Gasteiger partial charge < -0.3 is 5.32 Å². The normalized spacial score (nSPS) is 11.0. The number of nitrogens with zero attached hydrogens (tertiary/aromatic N) is 1. The Bertz CT molecular complexity index is 805. The molecule has 25 heavy (non-hydrogen) atoms. The molecule has 0 saturated heterocycles. The van der Waals surface area contributed by atoms with Crippen LogP contribution in [0.2, 0.25) is 10.0 Å². The van der Waals surface area contributed by atoms with Crippen molar-refractivity contribution in [3.05, 3.63) is 75.8 Å². The van der Waals surface area contributed by atoms with Crippen molar-refractivity contribution in [3.63, 3.8) is 0 Å². The van der Waals surface area contributed by atoms with E-state index in [4.69, 9.17) is 23.2 Å². The van der Waals surface area contributed by atoms with Crippen LogP contribution < -0.4 is 10.7 Å². The highest BCUT2D eigenvalue weighted by atomic mass is 35.5. The molecule has 5 nitrogen and oxygen atoms in total. The Hall–Kier alpha value is -2.63. The maximum absolute atomic E-state index is 11.9. The van der Waals surface area contributed by atoms with Crippen molar-refractivity contribution < 1.29 is 9.59 Å². The van der Waals surface area contributed by atoms with Crippen LogP contribution in [0.1, 0.15) is 15.9 Å². The lowest BCUT2D eigenvalue weighted by Crippen LogP contribution is -2.35. The van der Waals surface area contributed by atoms with Crippen molar-refractivity contribution >= 4 is 47.3 Å². The molecule has 2 aromatic rings. The number of allylic oxidation sites excluding steroid dienone is 1. The number of carbonyl (C=O) groups excluding carboxylic acids is 2. The van der Waals surface area contributed by atoms with Gasteiger partial charge in [0, 0.05) is 11.2 Å². The Balaban J connectivity index is 1.76. The third-order valence-corrected chi connectivity index (χ3v) is 3.57. The predicted octanol–water partition coefficient (Wildman–Crippen LogP) is 3.54. The zero-order chi connectivity index (χ0) is 18.1. The molecule has 0 unspecified atom stereocenters. The third kappa shape index (κ3) is 6.41. The fourth-order valence-electron chi connectivity index (χ4n) is 1.84. The number of amides is 2. The SMILES string of the molecule is O=C(CNC(=O)c1ccc(Cl)cc1Cl)N/N=C/C=C/c1ccccc1. The molecule has 128 valence electrons. The zero-order valence-electron chi connectivity index (χ0n) is 13.1. The van der Waals surface area contributed by atoms with Crippen LogP contribution in [-0.2, 0) is 4.79 Å². The molecule has 7 heteroatoms. The molecule has 0 heterocycles. The summed E-state index contributed by atoms with van der Waals surface area (Å²) in [7, 11) is 0. The summed E-state index contributed by atoms with van der Waals surface area (Å²) in [6.45, 7) is -0.225. The Morgan fingerprint density at radius 1 is 1.08 bits per heavy atom. The molecule has 0 fully saturated rings. The number of hydrogen-bond acceptors (Lipinski definition) is 3. The van der Waals surface area contributed by atoms with Gasteiger partial charge in [-0.05, 0) is 29.8 Å². The summed E-state index contributed by atoms with van der Waals surface area (Å²) in [4.78, 5) is 23.6. The lowest BCUT2D eigenvalue weighted by atomic mass is 10.2. The third-order valence-electron chi connectivity index (χ3n) is 3.02. The van der Waals surface area contributed by atoms with Crippen LogP contribution in [0.4, 0.5) is 0 Å². The van der Waals surface area contributed by atoms with E-state index in [1.807, 2.05) is 36.4 Å². The molecular weight excluding hydrogens is 361 g/mol. The van der Waals surface area contributed by atoms with Gasteiger partial charge in [-0.2, -0.15) is 5.10 Å². The van der Waals surface area contributed by atoms with Gasteiger partial charge in [0.1, 0.15) is 0 Å². The van der Waals surface area contributed by atoms with Crippen LogP contribution in [0.3, 0.4) is 0 Å². The van der Waals surface area contributed by atoms with Crippen LogP contribution in [0, 0.1) is 0 Å². The number of carbonyl (C=O) groups is 2. The van der Waals surface area contributed by atoms with E-state index in [-0.39, 0.29) is 17.1 Å². The number of hydrazone groups is 1. The van der Waals surface area contributed by atoms with Crippen LogP contribution in [-0.4, -0.2) is 24.6 Å². The van der Waals surface area contributed by atoms with E-state index in [2.05, 4.69) is 15.8 Å². The van der Waals surface area contributed by atoms with E-state index in [1.54, 1.807) is 12.1 Å². The van der Waals surface area contributed by atoms with Gasteiger partial charge in [-0.25, -0.2) is 5.43 Å². The van der Waals surface area contributed by atoms with Gasteiger partial charge in [0.2, 0.25) is 0 Å². The molecule has 0 radical (unpaired) electrons. The molecule has 0 spiro atoms. The molecule has 2 rings (SSSR count). The first-order valence-corrected chi connectivity index (χ1v) is 8.09. The molecule has 0 atom stereocenters. The van der Waals surface area contributed by atoms with Crippen molar-refractivity contribution in [2.24, 2.45) is 5.10 Å². The monoisotopic (exact) mass is 375 g/mol. The summed E-state index contributed by atoms with van der Waals surface area (Å²) in [5.41, 5.74) is 3.57. The van der Waals surface area contributed by atoms with Crippen molar-refractivity contribution in [2.45, 2.75) is 0 Å². The second kappa shape index (κ2) is 9.61. The molecule has 0 saturated carbocycles. The fraction of sp³-hybridized carbons (Fsp3) is 0.0556. The minimum absolute atomic E-state index is 0.217. The Kier molecular flexibility index (Phi) is 7.19. The maximum Gasteiger partial charge on any atom is 0.259 e. The van der Waals surface area contributed by atoms with Crippen LogP contribution in [0.5, 0.6) is 0 Å². The molecular formula is C18H15Cl2N3O2. The lowest BCUT2D eigenvalue weighted by Gasteiger charge is -2.06. The van der Waals surface area contributed by atoms with Crippen LogP contribution >= 0.6 is 23.2 Å². The van der Waals surface area contributed by atoms with Crippen molar-refractivity contribution in [1.29, 1.82) is 0 Å². The van der Waals surface area contributed by atoms with E-state index >= 15 is 0 Å². The van der Waals surface area contributed by atoms with E-state index in [9.17, 15) is 9.59 Å². The van der Waals surface area contributed by atoms with Crippen molar-refractivity contribution in [1.82, 2.24) is 10.7 Å². The number of benzene rings is 2. The zero-order valence-corrected chi connectivity index (χ0v) is 14.6. The lowest BCUT2D eigenvalue weighted by molar-refractivity contribution is -0.120. The van der Waals surface area contributed by atoms with E-state index in [0.29, 0.717) is 5.02 Å². The average molecular weight is 376 g/mol. The fourth-order valence-corrected chi connectivity index (χ4v) is 2.33. The van der Waals surface area contributed by atoms with Gasteiger partial charge in [-0.3, -0.25) is 9.59 Å². The number of nitrogens with one attached hydrogen (secondary N) is 2. The Morgan fingerprint density at radius 2 is 1.84 bits per heavy atom. The summed E-state index contributed by atoms with van der Waals surface area (Å²) >= 11 is 11.7. The van der Waals surface area contributed by atoms with Gasteiger partial charge in [-0.1, -0.05) is 59.6 Å². The first-order valence-electron chi connectivity index (χ1n) is 7.33. The summed E-state index contributed by atoms with van der Waals surface area (Å²) in [6.07, 6.45) is 4.99. The summed E-state index contributed by atoms with van der Waals surface area (Å²) < 4.78 is 0. The number of hydrogen-bond donors (Lipinski definition) is 2. The van der Waals surface area contributed by atoms with Crippen molar-refractivity contribution in [2.75, 3.05) is 6.54 Å². The Morgan fingerprint density at radius 3 is 2.56 bits per heavy atom. The standard InChI is InChI=1S/C18H15Cl2N3O2/c19-14-8-9-15(16(20)11-14)18(25)21-12-17(24)23-22-10-4-7-13-5-2-1-3-6-13/h1-11H,12H2,(H,21,25)(H,23,24)/b7-4+,22-10+. The van der Waals surface area contributed by atoms with Crippen LogP contribution in [0.15, 0.2) is 59.7 Å². The van der Waals surface area contributed by atoms with E-state index in [0.717, 1.165) is 5.56 Å². The topological polar surface area (TPSA) is 70.6 Å². The summed E-state index contributed by atoms with van der Waals surface area (Å²) in [5.74, 6) is -0.924. The quantitative estimate of drug-likeness (QED) is 0.598. The van der Waals surface area contributed by atoms with Gasteiger partial charge in [0.15, 0.2) is 0 Å². The minimum atomic E-state index is -0.468. The molecule has 2 amide bonds. The Labute approximate surface area is 155 Å². The highest BCUT2D eigenvalue weighted by Crippen LogP contribution is 2.20. The molecule has 2 N–H and O–H groups in total. The van der Waals surface area contributed by atoms with E-state index in [1.165, 1.54) is 18.3 Å². The highest BCUT2D eigenvalue weighted by molar-refractivity contribution is 6.36.